The van der Waals surface area contributed by atoms with Crippen LogP contribution in [0.4, 0.5) is 4.39 Å². The number of nitrogens with zero attached hydrogens (tertiary/aromatic N) is 2. The second-order valence-electron chi connectivity index (χ2n) is 3.88. The van der Waals surface area contributed by atoms with E-state index in [9.17, 15) is 4.39 Å². The van der Waals surface area contributed by atoms with Gasteiger partial charge in [0.1, 0.15) is 5.69 Å². The molecule has 0 saturated carbocycles. The molecule has 2 rings (SSSR count). The predicted molar refractivity (Wildman–Crippen MR) is 75.5 cm³/mol. The normalized spacial score (nSPS) is 11.8. The van der Waals surface area contributed by atoms with E-state index in [0.29, 0.717) is 5.69 Å². The number of halogens is 1. The molecule has 1 heterocycles. The summed E-state index contributed by atoms with van der Waals surface area (Å²) in [6.07, 6.45) is 1.88. The van der Waals surface area contributed by atoms with E-state index in [4.69, 9.17) is 0 Å². The molecular formula is C12H15FN2P2. The SMILES string of the molecule is CCn1cc(-c2ccccc2)c(C(F)(P)P)n1. The minimum absolute atomic E-state index is 0.431. The van der Waals surface area contributed by atoms with Crippen molar-refractivity contribution in [1.29, 1.82) is 0 Å². The summed E-state index contributed by atoms with van der Waals surface area (Å²) in [5, 5.41) is 2.68. The minimum Gasteiger partial charge on any atom is -0.272 e. The standard InChI is InChI=1S/C12H15FN2P2/c1-2-15-8-10(9-6-4-3-5-7-9)11(14-15)12(13,16)17/h3-8H,2,16-17H2,1H3. The molecule has 2 unspecified atom stereocenters. The van der Waals surface area contributed by atoms with E-state index in [0.717, 1.165) is 17.7 Å². The molecule has 0 aliphatic rings. The average Bonchev–Trinajstić information content (AvgIpc) is 2.74. The van der Waals surface area contributed by atoms with Gasteiger partial charge in [-0.05, 0) is 12.5 Å². The van der Waals surface area contributed by atoms with Gasteiger partial charge in [-0.25, -0.2) is 4.39 Å². The van der Waals surface area contributed by atoms with E-state index in [1.807, 2.05) is 43.5 Å². The molecule has 2 nitrogen and oxygen atoms in total. The molecule has 0 aliphatic heterocycles. The van der Waals surface area contributed by atoms with Crippen molar-refractivity contribution >= 4 is 18.5 Å². The van der Waals surface area contributed by atoms with Gasteiger partial charge in [0, 0.05) is 18.3 Å². The monoisotopic (exact) mass is 268 g/mol. The van der Waals surface area contributed by atoms with Gasteiger partial charge in [-0.15, -0.1) is 0 Å². The second kappa shape index (κ2) is 4.84. The van der Waals surface area contributed by atoms with Crippen molar-refractivity contribution in [2.75, 3.05) is 0 Å². The van der Waals surface area contributed by atoms with Crippen molar-refractivity contribution < 1.29 is 4.39 Å². The van der Waals surface area contributed by atoms with Crippen molar-refractivity contribution in [1.82, 2.24) is 9.78 Å². The Labute approximate surface area is 105 Å². The molecule has 17 heavy (non-hydrogen) atoms. The highest BCUT2D eigenvalue weighted by molar-refractivity contribution is 7.38. The quantitative estimate of drug-likeness (QED) is 0.780. The van der Waals surface area contributed by atoms with Crippen LogP contribution in [0.15, 0.2) is 36.5 Å². The maximum atomic E-state index is 14.1. The summed E-state index contributed by atoms with van der Waals surface area (Å²) in [6, 6.07) is 9.74. The third kappa shape index (κ3) is 2.73. The van der Waals surface area contributed by atoms with Crippen molar-refractivity contribution in [3.05, 3.63) is 42.2 Å². The van der Waals surface area contributed by atoms with E-state index >= 15 is 0 Å². The number of aromatic nitrogens is 2. The zero-order valence-electron chi connectivity index (χ0n) is 9.60. The Balaban J connectivity index is 2.57. The topological polar surface area (TPSA) is 17.8 Å². The van der Waals surface area contributed by atoms with Gasteiger partial charge in [0.25, 0.3) is 0 Å². The molecule has 0 radical (unpaired) electrons. The molecule has 2 aromatic rings. The summed E-state index contributed by atoms with van der Waals surface area (Å²) in [5.74, 6) is 0. The molecule has 90 valence electrons. The first-order chi connectivity index (χ1) is 8.02. The number of benzene rings is 1. The number of alkyl halides is 1. The van der Waals surface area contributed by atoms with Gasteiger partial charge >= 0.3 is 0 Å². The van der Waals surface area contributed by atoms with E-state index in [1.165, 1.54) is 0 Å². The van der Waals surface area contributed by atoms with Gasteiger partial charge in [-0.2, -0.15) is 5.10 Å². The fraction of sp³-hybridized carbons (Fsp3) is 0.250. The molecule has 0 bridgehead atoms. The van der Waals surface area contributed by atoms with Gasteiger partial charge < -0.3 is 0 Å². The first kappa shape index (κ1) is 12.7. The Bertz CT molecular complexity index is 503. The van der Waals surface area contributed by atoms with Crippen LogP contribution in [-0.2, 0) is 11.7 Å². The molecule has 0 aliphatic carbocycles. The molecule has 0 amide bonds. The maximum Gasteiger partial charge on any atom is 0.179 e. The molecule has 0 fully saturated rings. The number of hydrogen-bond acceptors (Lipinski definition) is 1. The number of hydrogen-bond donors (Lipinski definition) is 0. The van der Waals surface area contributed by atoms with Crippen LogP contribution in [-0.4, -0.2) is 9.78 Å². The zero-order chi connectivity index (χ0) is 12.5. The van der Waals surface area contributed by atoms with Crippen LogP contribution in [0, 0.1) is 0 Å². The van der Waals surface area contributed by atoms with Crippen LogP contribution in [0.25, 0.3) is 11.1 Å². The van der Waals surface area contributed by atoms with Gasteiger partial charge in [0.15, 0.2) is 5.15 Å². The van der Waals surface area contributed by atoms with Crippen LogP contribution in [0.3, 0.4) is 0 Å². The zero-order valence-corrected chi connectivity index (χ0v) is 11.9. The predicted octanol–water partition coefficient (Wildman–Crippen LogP) is 3.40. The van der Waals surface area contributed by atoms with Crippen molar-refractivity contribution in [2.45, 2.75) is 18.6 Å². The number of aryl methyl sites for hydroxylation is 1. The summed E-state index contributed by atoms with van der Waals surface area (Å²) in [5.41, 5.74) is 2.25. The van der Waals surface area contributed by atoms with Crippen molar-refractivity contribution in [3.63, 3.8) is 0 Å². The molecule has 2 atom stereocenters. The molecule has 5 heteroatoms. The summed E-state index contributed by atoms with van der Waals surface area (Å²) in [4.78, 5) is 0. The second-order valence-corrected chi connectivity index (χ2v) is 6.23. The van der Waals surface area contributed by atoms with E-state index in [-0.39, 0.29) is 0 Å². The van der Waals surface area contributed by atoms with Crippen LogP contribution in [0.1, 0.15) is 12.6 Å². The van der Waals surface area contributed by atoms with Crippen molar-refractivity contribution in [3.8, 4) is 11.1 Å². The Morgan fingerprint density at radius 3 is 2.47 bits per heavy atom. The highest BCUT2D eigenvalue weighted by atomic mass is 31.1. The van der Waals surface area contributed by atoms with Crippen molar-refractivity contribution in [2.24, 2.45) is 0 Å². The number of rotatable bonds is 3. The van der Waals surface area contributed by atoms with Gasteiger partial charge in [-0.1, -0.05) is 48.8 Å². The molecule has 1 aromatic carbocycles. The highest BCUT2D eigenvalue weighted by Gasteiger charge is 2.27. The average molecular weight is 268 g/mol. The summed E-state index contributed by atoms with van der Waals surface area (Å²) in [6.45, 7) is 2.71. The molecule has 0 saturated heterocycles. The molecule has 1 aromatic heterocycles. The molecular weight excluding hydrogens is 253 g/mol. The van der Waals surface area contributed by atoms with E-state index < -0.39 is 5.15 Å². The third-order valence-corrected chi connectivity index (χ3v) is 3.08. The first-order valence-corrected chi connectivity index (χ1v) is 6.58. The lowest BCUT2D eigenvalue weighted by atomic mass is 10.1. The van der Waals surface area contributed by atoms with Crippen LogP contribution in [0.2, 0.25) is 0 Å². The van der Waals surface area contributed by atoms with Gasteiger partial charge in [0.05, 0.1) is 0 Å². The lowest BCUT2D eigenvalue weighted by molar-refractivity contribution is 0.410. The lowest BCUT2D eigenvalue weighted by Crippen LogP contribution is -2.04. The first-order valence-electron chi connectivity index (χ1n) is 5.42. The largest absolute Gasteiger partial charge is 0.272 e. The fourth-order valence-corrected chi connectivity index (χ4v) is 2.12. The Hall–Kier alpha value is -0.780. The van der Waals surface area contributed by atoms with E-state index in [2.05, 4.69) is 23.6 Å². The highest BCUT2D eigenvalue weighted by Crippen LogP contribution is 2.43. The fourth-order valence-electron chi connectivity index (χ4n) is 1.70. The van der Waals surface area contributed by atoms with Crippen LogP contribution in [0.5, 0.6) is 0 Å². The Morgan fingerprint density at radius 1 is 1.29 bits per heavy atom. The molecule has 0 N–H and O–H groups in total. The summed E-state index contributed by atoms with van der Waals surface area (Å²) >= 11 is 0. The van der Waals surface area contributed by atoms with Gasteiger partial charge in [-0.3, -0.25) is 4.68 Å². The van der Waals surface area contributed by atoms with Crippen LogP contribution >= 0.6 is 18.5 Å². The van der Waals surface area contributed by atoms with Gasteiger partial charge in [0.2, 0.25) is 0 Å². The Kier molecular flexibility index (Phi) is 3.61. The Morgan fingerprint density at radius 2 is 1.94 bits per heavy atom. The van der Waals surface area contributed by atoms with Crippen LogP contribution < -0.4 is 0 Å². The maximum absolute atomic E-state index is 14.1. The summed E-state index contributed by atoms with van der Waals surface area (Å²) in [7, 11) is 4.34. The molecule has 0 spiro atoms. The third-order valence-electron chi connectivity index (χ3n) is 2.53. The lowest BCUT2D eigenvalue weighted by Gasteiger charge is -2.13. The minimum atomic E-state index is -1.59. The van der Waals surface area contributed by atoms with E-state index in [1.54, 1.807) is 4.68 Å². The summed E-state index contributed by atoms with van der Waals surface area (Å²) < 4.78 is 15.8. The smallest absolute Gasteiger partial charge is 0.179 e.